The number of thioether (sulfide) groups is 1. The molecule has 3 nitrogen and oxygen atoms in total. The van der Waals surface area contributed by atoms with Gasteiger partial charge < -0.3 is 4.90 Å². The van der Waals surface area contributed by atoms with E-state index in [4.69, 9.17) is 0 Å². The molecule has 4 heteroatoms. The normalized spacial score (nSPS) is 21.9. The van der Waals surface area contributed by atoms with E-state index in [1.165, 1.54) is 0 Å². The minimum absolute atomic E-state index is 0.181. The highest BCUT2D eigenvalue weighted by molar-refractivity contribution is 7.99. The lowest BCUT2D eigenvalue weighted by Crippen LogP contribution is -2.31. The fourth-order valence-corrected chi connectivity index (χ4v) is 1.38. The van der Waals surface area contributed by atoms with Crippen molar-refractivity contribution in [2.24, 2.45) is 0 Å². The number of hydrogen-bond acceptors (Lipinski definition) is 3. The Balaban J connectivity index is 2.41. The summed E-state index contributed by atoms with van der Waals surface area (Å²) in [5.41, 5.74) is 0. The minimum atomic E-state index is 0.181. The topological polar surface area (TPSA) is 32.3 Å². The molecule has 0 saturated carbocycles. The van der Waals surface area contributed by atoms with Crippen molar-refractivity contribution in [3.8, 4) is 0 Å². The van der Waals surface area contributed by atoms with Gasteiger partial charge >= 0.3 is 0 Å². The molecular formula is C5H10N2OS. The fourth-order valence-electron chi connectivity index (χ4n) is 0.620. The first kappa shape index (κ1) is 6.89. The van der Waals surface area contributed by atoms with E-state index in [1.54, 1.807) is 16.7 Å². The second kappa shape index (κ2) is 3.08. The second-order valence-electron chi connectivity index (χ2n) is 2.00. The van der Waals surface area contributed by atoms with Crippen molar-refractivity contribution in [2.75, 3.05) is 25.3 Å². The minimum Gasteiger partial charge on any atom is -0.335 e. The van der Waals surface area contributed by atoms with Crippen LogP contribution in [-0.2, 0) is 4.79 Å². The SMILES string of the molecule is CN1CSCNCC1=O. The third kappa shape index (κ3) is 1.87. The lowest BCUT2D eigenvalue weighted by molar-refractivity contribution is -0.127. The number of nitrogens with zero attached hydrogens (tertiary/aromatic N) is 1. The second-order valence-corrected chi connectivity index (χ2v) is 2.95. The molecule has 1 saturated heterocycles. The van der Waals surface area contributed by atoms with Gasteiger partial charge in [0.2, 0.25) is 5.91 Å². The summed E-state index contributed by atoms with van der Waals surface area (Å²) >= 11 is 1.72. The summed E-state index contributed by atoms with van der Waals surface area (Å²) in [6.45, 7) is 0.490. The molecule has 0 aromatic carbocycles. The Morgan fingerprint density at radius 2 is 2.56 bits per heavy atom. The van der Waals surface area contributed by atoms with Crippen LogP contribution in [0.1, 0.15) is 0 Å². The van der Waals surface area contributed by atoms with E-state index in [2.05, 4.69) is 5.32 Å². The van der Waals surface area contributed by atoms with Crippen molar-refractivity contribution < 1.29 is 4.79 Å². The molecule has 52 valence electrons. The number of nitrogens with one attached hydrogen (secondary N) is 1. The average Bonchev–Trinajstić information content (AvgIpc) is 1.99. The first-order valence-corrected chi connectivity index (χ1v) is 3.98. The molecule has 1 aliphatic heterocycles. The number of amides is 1. The van der Waals surface area contributed by atoms with Crippen LogP contribution in [0.5, 0.6) is 0 Å². The lowest BCUT2D eigenvalue weighted by atomic mass is 10.5. The van der Waals surface area contributed by atoms with Gasteiger partial charge in [0.25, 0.3) is 0 Å². The molecule has 1 amide bonds. The van der Waals surface area contributed by atoms with Gasteiger partial charge in [0.15, 0.2) is 0 Å². The largest absolute Gasteiger partial charge is 0.335 e. The first-order chi connectivity index (χ1) is 4.30. The maximum absolute atomic E-state index is 10.9. The zero-order valence-corrected chi connectivity index (χ0v) is 6.20. The number of hydrogen-bond donors (Lipinski definition) is 1. The van der Waals surface area contributed by atoms with Crippen LogP contribution in [0.15, 0.2) is 0 Å². The molecule has 0 atom stereocenters. The smallest absolute Gasteiger partial charge is 0.236 e. The van der Waals surface area contributed by atoms with Crippen LogP contribution in [0.2, 0.25) is 0 Å². The number of rotatable bonds is 0. The molecule has 0 aliphatic carbocycles. The summed E-state index contributed by atoms with van der Waals surface area (Å²) in [6, 6.07) is 0. The first-order valence-electron chi connectivity index (χ1n) is 2.83. The van der Waals surface area contributed by atoms with E-state index < -0.39 is 0 Å². The highest BCUT2D eigenvalue weighted by atomic mass is 32.2. The maximum Gasteiger partial charge on any atom is 0.236 e. The summed E-state index contributed by atoms with van der Waals surface area (Å²) in [5.74, 6) is 1.88. The lowest BCUT2D eigenvalue weighted by Gasteiger charge is -2.10. The molecule has 0 spiro atoms. The van der Waals surface area contributed by atoms with Crippen LogP contribution < -0.4 is 5.32 Å². The molecule has 1 rings (SSSR count). The van der Waals surface area contributed by atoms with Crippen molar-refractivity contribution in [3.63, 3.8) is 0 Å². The van der Waals surface area contributed by atoms with Crippen molar-refractivity contribution in [1.29, 1.82) is 0 Å². The molecule has 1 heterocycles. The Bertz CT molecular complexity index is 118. The van der Waals surface area contributed by atoms with Crippen LogP contribution >= 0.6 is 11.8 Å². The molecule has 1 N–H and O–H groups in total. The van der Waals surface area contributed by atoms with Crippen molar-refractivity contribution in [3.05, 3.63) is 0 Å². The Kier molecular flexibility index (Phi) is 2.36. The molecule has 0 unspecified atom stereocenters. The third-order valence-corrected chi connectivity index (χ3v) is 2.17. The Morgan fingerprint density at radius 3 is 3.33 bits per heavy atom. The van der Waals surface area contributed by atoms with Gasteiger partial charge in [-0.15, -0.1) is 11.8 Å². The Hall–Kier alpha value is -0.220. The summed E-state index contributed by atoms with van der Waals surface area (Å²) in [4.78, 5) is 12.6. The van der Waals surface area contributed by atoms with E-state index in [9.17, 15) is 4.79 Å². The summed E-state index contributed by atoms with van der Waals surface area (Å²) in [6.07, 6.45) is 0. The maximum atomic E-state index is 10.9. The molecule has 0 bridgehead atoms. The van der Waals surface area contributed by atoms with Gasteiger partial charge in [0.05, 0.1) is 12.4 Å². The summed E-state index contributed by atoms with van der Waals surface area (Å²) in [7, 11) is 1.82. The number of likely N-dealkylation sites (N-methyl/N-ethyl adjacent to an activating group) is 1. The monoisotopic (exact) mass is 146 g/mol. The highest BCUT2D eigenvalue weighted by Crippen LogP contribution is 2.02. The zero-order valence-electron chi connectivity index (χ0n) is 5.39. The zero-order chi connectivity index (χ0) is 6.69. The molecule has 1 fully saturated rings. The Labute approximate surface area is 58.8 Å². The Morgan fingerprint density at radius 1 is 1.78 bits per heavy atom. The van der Waals surface area contributed by atoms with Crippen molar-refractivity contribution in [2.45, 2.75) is 0 Å². The average molecular weight is 146 g/mol. The molecule has 0 radical (unpaired) electrons. The highest BCUT2D eigenvalue weighted by Gasteiger charge is 2.10. The molecule has 1 aliphatic rings. The number of carbonyl (C=O) groups excluding carboxylic acids is 1. The molecule has 0 aromatic rings. The van der Waals surface area contributed by atoms with Crippen molar-refractivity contribution in [1.82, 2.24) is 10.2 Å². The number of carbonyl (C=O) groups is 1. The van der Waals surface area contributed by atoms with Crippen LogP contribution in [0.4, 0.5) is 0 Å². The predicted octanol–water partition coefficient (Wildman–Crippen LogP) is -0.304. The van der Waals surface area contributed by atoms with Crippen LogP contribution in [0.25, 0.3) is 0 Å². The van der Waals surface area contributed by atoms with Gasteiger partial charge in [0, 0.05) is 12.9 Å². The fraction of sp³-hybridized carbons (Fsp3) is 0.800. The third-order valence-electron chi connectivity index (χ3n) is 1.19. The van der Waals surface area contributed by atoms with E-state index >= 15 is 0 Å². The van der Waals surface area contributed by atoms with Gasteiger partial charge in [-0.25, -0.2) is 0 Å². The predicted molar refractivity (Wildman–Crippen MR) is 38.1 cm³/mol. The summed E-state index contributed by atoms with van der Waals surface area (Å²) in [5, 5.41) is 3.00. The van der Waals surface area contributed by atoms with Crippen LogP contribution in [0.3, 0.4) is 0 Å². The van der Waals surface area contributed by atoms with Crippen LogP contribution in [-0.4, -0.2) is 36.2 Å². The standard InChI is InChI=1S/C5H10N2OS/c1-7-4-9-3-6-2-5(7)8/h6H,2-4H2,1H3. The van der Waals surface area contributed by atoms with Crippen LogP contribution in [0, 0.1) is 0 Å². The quantitative estimate of drug-likeness (QED) is 0.509. The molecule has 0 aromatic heterocycles. The summed E-state index contributed by atoms with van der Waals surface area (Å²) < 4.78 is 0. The van der Waals surface area contributed by atoms with Crippen molar-refractivity contribution >= 4 is 17.7 Å². The van der Waals surface area contributed by atoms with Gasteiger partial charge in [-0.2, -0.15) is 0 Å². The van der Waals surface area contributed by atoms with Gasteiger partial charge in [-0.05, 0) is 0 Å². The molecule has 9 heavy (non-hydrogen) atoms. The van der Waals surface area contributed by atoms with Gasteiger partial charge in [-0.1, -0.05) is 0 Å². The van der Waals surface area contributed by atoms with E-state index in [-0.39, 0.29) is 5.91 Å². The van der Waals surface area contributed by atoms with Gasteiger partial charge in [0.1, 0.15) is 0 Å². The van der Waals surface area contributed by atoms with E-state index in [0.717, 1.165) is 11.8 Å². The molecular weight excluding hydrogens is 136 g/mol. The van der Waals surface area contributed by atoms with Gasteiger partial charge in [-0.3, -0.25) is 10.1 Å². The van der Waals surface area contributed by atoms with E-state index in [1.807, 2.05) is 7.05 Å². The van der Waals surface area contributed by atoms with E-state index in [0.29, 0.717) is 6.54 Å².